The van der Waals surface area contributed by atoms with Crippen molar-refractivity contribution in [2.75, 3.05) is 24.6 Å². The monoisotopic (exact) mass is 359 g/mol. The number of sulfone groups is 1. The first kappa shape index (κ1) is 16.2. The van der Waals surface area contributed by atoms with Crippen LogP contribution in [0.25, 0.3) is 16.5 Å². The molecule has 1 saturated heterocycles. The Morgan fingerprint density at radius 2 is 2.12 bits per heavy atom. The number of nitrogens with one attached hydrogen (secondary N) is 2. The van der Waals surface area contributed by atoms with Crippen molar-refractivity contribution < 1.29 is 13.2 Å². The molecule has 1 fully saturated rings. The number of rotatable bonds is 2. The van der Waals surface area contributed by atoms with Gasteiger partial charge in [0.25, 0.3) is 0 Å². The van der Waals surface area contributed by atoms with Gasteiger partial charge in [-0.2, -0.15) is 0 Å². The summed E-state index contributed by atoms with van der Waals surface area (Å²) >= 11 is 0. The molecule has 1 aromatic carbocycles. The van der Waals surface area contributed by atoms with Crippen LogP contribution in [0.15, 0.2) is 36.5 Å². The lowest BCUT2D eigenvalue weighted by molar-refractivity contribution is 0.200. The van der Waals surface area contributed by atoms with Crippen LogP contribution in [0.3, 0.4) is 0 Å². The molecule has 25 heavy (non-hydrogen) atoms. The molecule has 2 aromatic rings. The molecular formula is C18H21N3O3S. The molecule has 0 unspecified atom stereocenters. The zero-order valence-corrected chi connectivity index (χ0v) is 14.7. The standard InChI is InChI=1S/C18H21N3O3S/c22-18(20-14-7-10-25(23,24)12-14)21-8-5-13(6-9-21)16-11-19-17-4-2-1-3-15(16)17/h1-5,11,14,19H,6-10,12H2,(H,20,22)/t14-/m0/s1. The largest absolute Gasteiger partial charge is 0.361 e. The van der Waals surface area contributed by atoms with E-state index in [-0.39, 0.29) is 23.6 Å². The number of hydrogen-bond donors (Lipinski definition) is 2. The Balaban J connectivity index is 1.42. The van der Waals surface area contributed by atoms with E-state index in [1.165, 1.54) is 16.5 Å². The van der Waals surface area contributed by atoms with Crippen molar-refractivity contribution in [3.8, 4) is 0 Å². The van der Waals surface area contributed by atoms with Gasteiger partial charge >= 0.3 is 6.03 Å². The van der Waals surface area contributed by atoms with Crippen LogP contribution in [0.1, 0.15) is 18.4 Å². The van der Waals surface area contributed by atoms with E-state index in [9.17, 15) is 13.2 Å². The number of benzene rings is 1. The van der Waals surface area contributed by atoms with E-state index in [0.717, 1.165) is 11.9 Å². The van der Waals surface area contributed by atoms with Crippen molar-refractivity contribution in [3.63, 3.8) is 0 Å². The number of urea groups is 1. The zero-order valence-electron chi connectivity index (χ0n) is 13.9. The maximum Gasteiger partial charge on any atom is 0.317 e. The van der Waals surface area contributed by atoms with Crippen LogP contribution < -0.4 is 5.32 Å². The molecule has 2 N–H and O–H groups in total. The predicted octanol–water partition coefficient (Wildman–Crippen LogP) is 2.15. The number of para-hydroxylation sites is 1. The van der Waals surface area contributed by atoms with Gasteiger partial charge in [0.1, 0.15) is 0 Å². The third-order valence-corrected chi connectivity index (χ3v) is 6.76. The maximum atomic E-state index is 12.4. The molecule has 4 rings (SSSR count). The minimum atomic E-state index is -2.98. The molecule has 132 valence electrons. The van der Waals surface area contributed by atoms with Crippen molar-refractivity contribution in [1.82, 2.24) is 15.2 Å². The number of aromatic nitrogens is 1. The highest BCUT2D eigenvalue weighted by atomic mass is 32.2. The highest BCUT2D eigenvalue weighted by Crippen LogP contribution is 2.29. The van der Waals surface area contributed by atoms with Crippen LogP contribution >= 0.6 is 0 Å². The molecule has 2 amide bonds. The van der Waals surface area contributed by atoms with Crippen molar-refractivity contribution in [2.24, 2.45) is 0 Å². The summed E-state index contributed by atoms with van der Waals surface area (Å²) in [6.45, 7) is 1.18. The van der Waals surface area contributed by atoms with Gasteiger partial charge in [-0.15, -0.1) is 0 Å². The van der Waals surface area contributed by atoms with Crippen LogP contribution in [0.4, 0.5) is 4.79 Å². The van der Waals surface area contributed by atoms with Crippen LogP contribution in [0, 0.1) is 0 Å². The van der Waals surface area contributed by atoms with Gasteiger partial charge in [-0.25, -0.2) is 13.2 Å². The van der Waals surface area contributed by atoms with E-state index in [1.807, 2.05) is 18.3 Å². The average Bonchev–Trinajstić information content (AvgIpc) is 3.18. The molecule has 0 saturated carbocycles. The Kier molecular flexibility index (Phi) is 4.03. The normalized spacial score (nSPS) is 22.8. The SMILES string of the molecule is O=C(N[C@H]1CCS(=O)(=O)C1)N1CC=C(c2c[nH]c3ccccc23)CC1. The molecule has 1 aromatic heterocycles. The number of carbonyl (C=O) groups excluding carboxylic acids is 1. The Labute approximate surface area is 146 Å². The van der Waals surface area contributed by atoms with Gasteiger partial charge in [0.2, 0.25) is 0 Å². The first-order valence-corrected chi connectivity index (χ1v) is 10.4. The summed E-state index contributed by atoms with van der Waals surface area (Å²) in [4.78, 5) is 17.4. The smallest absolute Gasteiger partial charge is 0.317 e. The summed E-state index contributed by atoms with van der Waals surface area (Å²) in [6.07, 6.45) is 5.41. The highest BCUT2D eigenvalue weighted by molar-refractivity contribution is 7.91. The molecule has 2 aliphatic heterocycles. The maximum absolute atomic E-state index is 12.4. The number of nitrogens with zero attached hydrogens (tertiary/aromatic N) is 1. The number of aromatic amines is 1. The minimum Gasteiger partial charge on any atom is -0.361 e. The lowest BCUT2D eigenvalue weighted by Crippen LogP contribution is -2.46. The minimum absolute atomic E-state index is 0.0585. The number of fused-ring (bicyclic) bond motifs is 1. The summed E-state index contributed by atoms with van der Waals surface area (Å²) < 4.78 is 23.0. The van der Waals surface area contributed by atoms with Crippen molar-refractivity contribution in [1.29, 1.82) is 0 Å². The number of H-pyrrole nitrogens is 1. The highest BCUT2D eigenvalue weighted by Gasteiger charge is 2.30. The molecule has 0 radical (unpaired) electrons. The van der Waals surface area contributed by atoms with Gasteiger partial charge in [0, 0.05) is 41.8 Å². The molecule has 0 aliphatic carbocycles. The number of amides is 2. The Hall–Kier alpha value is -2.28. The lowest BCUT2D eigenvalue weighted by Gasteiger charge is -2.28. The van der Waals surface area contributed by atoms with Gasteiger partial charge < -0.3 is 15.2 Å². The molecule has 2 aliphatic rings. The summed E-state index contributed by atoms with van der Waals surface area (Å²) in [6, 6.07) is 7.76. The Morgan fingerprint density at radius 1 is 1.28 bits per heavy atom. The molecule has 3 heterocycles. The molecule has 0 spiro atoms. The second-order valence-electron chi connectivity index (χ2n) is 6.72. The predicted molar refractivity (Wildman–Crippen MR) is 98.1 cm³/mol. The fourth-order valence-corrected chi connectivity index (χ4v) is 5.28. The summed E-state index contributed by atoms with van der Waals surface area (Å²) in [5.41, 5.74) is 3.54. The van der Waals surface area contributed by atoms with E-state index >= 15 is 0 Å². The quantitative estimate of drug-likeness (QED) is 0.862. The van der Waals surface area contributed by atoms with Gasteiger partial charge in [0.15, 0.2) is 9.84 Å². The van der Waals surface area contributed by atoms with Crippen LogP contribution in [0.5, 0.6) is 0 Å². The van der Waals surface area contributed by atoms with E-state index in [1.54, 1.807) is 4.90 Å². The van der Waals surface area contributed by atoms with E-state index < -0.39 is 9.84 Å². The fourth-order valence-electron chi connectivity index (χ4n) is 3.61. The Bertz CT molecular complexity index is 945. The molecule has 6 nitrogen and oxygen atoms in total. The third kappa shape index (κ3) is 3.28. The first-order chi connectivity index (χ1) is 12.0. The van der Waals surface area contributed by atoms with Crippen molar-refractivity contribution in [3.05, 3.63) is 42.1 Å². The second-order valence-corrected chi connectivity index (χ2v) is 8.95. The fraction of sp³-hybridized carbons (Fsp3) is 0.389. The van der Waals surface area contributed by atoms with Gasteiger partial charge in [0.05, 0.1) is 11.5 Å². The summed E-state index contributed by atoms with van der Waals surface area (Å²) in [5, 5.41) is 4.05. The lowest BCUT2D eigenvalue weighted by atomic mass is 9.99. The van der Waals surface area contributed by atoms with Crippen LogP contribution in [0.2, 0.25) is 0 Å². The molecule has 1 atom stereocenters. The molecular weight excluding hydrogens is 338 g/mol. The average molecular weight is 359 g/mol. The first-order valence-electron chi connectivity index (χ1n) is 8.53. The second kappa shape index (κ2) is 6.22. The van der Waals surface area contributed by atoms with Crippen LogP contribution in [-0.2, 0) is 9.84 Å². The third-order valence-electron chi connectivity index (χ3n) is 4.99. The van der Waals surface area contributed by atoms with Crippen molar-refractivity contribution >= 4 is 32.3 Å². The van der Waals surface area contributed by atoms with Gasteiger partial charge in [-0.05, 0) is 24.5 Å². The van der Waals surface area contributed by atoms with Crippen LogP contribution in [-0.4, -0.2) is 55.0 Å². The zero-order chi connectivity index (χ0) is 17.4. The summed E-state index contributed by atoms with van der Waals surface area (Å²) in [7, 11) is -2.98. The van der Waals surface area contributed by atoms with Crippen molar-refractivity contribution in [2.45, 2.75) is 18.9 Å². The van der Waals surface area contributed by atoms with Gasteiger partial charge in [-0.1, -0.05) is 24.3 Å². The van der Waals surface area contributed by atoms with E-state index in [4.69, 9.17) is 0 Å². The summed E-state index contributed by atoms with van der Waals surface area (Å²) in [5.74, 6) is 0.228. The van der Waals surface area contributed by atoms with Gasteiger partial charge in [-0.3, -0.25) is 0 Å². The topological polar surface area (TPSA) is 82.3 Å². The molecule has 7 heteroatoms. The van der Waals surface area contributed by atoms with E-state index in [0.29, 0.717) is 19.5 Å². The molecule has 0 bridgehead atoms. The number of hydrogen-bond acceptors (Lipinski definition) is 3. The Morgan fingerprint density at radius 3 is 2.84 bits per heavy atom. The van der Waals surface area contributed by atoms with E-state index in [2.05, 4.69) is 28.5 Å². The number of carbonyl (C=O) groups is 1.